The molecule has 0 unspecified atom stereocenters. The van der Waals surface area contributed by atoms with Gasteiger partial charge in [-0.1, -0.05) is 6.58 Å². The topological polar surface area (TPSA) is 128 Å². The van der Waals surface area contributed by atoms with E-state index in [0.717, 1.165) is 32.6 Å². The van der Waals surface area contributed by atoms with Crippen LogP contribution in [0.4, 0.5) is 36.1 Å². The summed E-state index contributed by atoms with van der Waals surface area (Å²) in [5.74, 6) is -6.10. The lowest BCUT2D eigenvalue weighted by Crippen LogP contribution is -2.11. The first-order valence-corrected chi connectivity index (χ1v) is 10.8. The van der Waals surface area contributed by atoms with Gasteiger partial charge >= 0.3 is 0 Å². The summed E-state index contributed by atoms with van der Waals surface area (Å²) in [4.78, 5) is 32.9. The molecule has 38 heavy (non-hydrogen) atoms. The van der Waals surface area contributed by atoms with Crippen LogP contribution in [0.1, 0.15) is 16.1 Å². The van der Waals surface area contributed by atoms with Crippen LogP contribution in [0.3, 0.4) is 0 Å². The lowest BCUT2D eigenvalue weighted by atomic mass is 10.0. The highest BCUT2D eigenvalue weighted by Gasteiger charge is 2.31. The van der Waals surface area contributed by atoms with Crippen LogP contribution in [-0.4, -0.2) is 42.9 Å². The number of carbonyl (C=O) groups excluding carboxylic acids is 2. The van der Waals surface area contributed by atoms with Crippen molar-refractivity contribution in [2.75, 3.05) is 37.2 Å². The molecule has 0 fully saturated rings. The molecule has 0 saturated carbocycles. The molecule has 0 atom stereocenters. The molecule has 13 heteroatoms. The smallest absolute Gasteiger partial charge is 0.247 e. The highest BCUT2D eigenvalue weighted by Crippen LogP contribution is 2.38. The predicted octanol–water partition coefficient (Wildman–Crippen LogP) is 4.80. The van der Waals surface area contributed by atoms with Crippen LogP contribution >= 0.6 is 0 Å². The Morgan fingerprint density at radius 3 is 2.32 bits per heavy atom. The number of nitrogens with zero attached hydrogens (tertiary/aromatic N) is 2. The number of furan rings is 1. The zero-order valence-corrected chi connectivity index (χ0v) is 20.2. The Labute approximate surface area is 213 Å². The van der Waals surface area contributed by atoms with Crippen molar-refractivity contribution in [1.29, 1.82) is 0 Å². The number of aromatic nitrogens is 2. The molecule has 1 amide bonds. The van der Waals surface area contributed by atoms with E-state index in [1.54, 1.807) is 0 Å². The molecule has 196 valence electrons. The maximum atomic E-state index is 15.0. The third kappa shape index (κ3) is 4.56. The molecule has 0 radical (unpaired) electrons. The van der Waals surface area contributed by atoms with E-state index in [-0.39, 0.29) is 33.8 Å². The average molecular weight is 527 g/mol. The average Bonchev–Trinajstić information content (AvgIpc) is 3.28. The zero-order valence-electron chi connectivity index (χ0n) is 20.2. The van der Waals surface area contributed by atoms with E-state index in [1.807, 2.05) is 0 Å². The van der Waals surface area contributed by atoms with Crippen molar-refractivity contribution in [3.05, 3.63) is 72.2 Å². The van der Waals surface area contributed by atoms with Gasteiger partial charge in [0.25, 0.3) is 0 Å². The largest absolute Gasteiger partial charge is 0.494 e. The normalized spacial score (nSPS) is 10.7. The van der Waals surface area contributed by atoms with Gasteiger partial charge in [0.05, 0.1) is 44.2 Å². The highest BCUT2D eigenvalue weighted by atomic mass is 19.1. The van der Waals surface area contributed by atoms with Gasteiger partial charge in [-0.15, -0.1) is 0 Å². The lowest BCUT2D eigenvalue weighted by Gasteiger charge is -2.12. The van der Waals surface area contributed by atoms with Gasteiger partial charge in [0, 0.05) is 18.5 Å². The third-order valence-electron chi connectivity index (χ3n) is 5.43. The molecule has 0 bridgehead atoms. The van der Waals surface area contributed by atoms with Gasteiger partial charge < -0.3 is 29.8 Å². The second-order valence-electron chi connectivity index (χ2n) is 7.60. The standard InChI is InChI=1S/C25H20F3N5O5/c1-5-18(34)32-13-9-30-8-12(26)23(13)33-17-6-11-16(10-31-17)38-25(22(11)29-2)24(35)19-20(27)14(36-3)7-15(37-4)21(19)28/h5-10,29H,1H2,2-4H3,(H,32,34)(H,30,31,33). The summed E-state index contributed by atoms with van der Waals surface area (Å²) in [6.07, 6.45) is 4.40. The second-order valence-corrected chi connectivity index (χ2v) is 7.60. The van der Waals surface area contributed by atoms with Gasteiger partial charge in [-0.2, -0.15) is 0 Å². The molecule has 0 aliphatic heterocycles. The number of rotatable bonds is 9. The van der Waals surface area contributed by atoms with Gasteiger partial charge in [0.2, 0.25) is 11.7 Å². The summed E-state index contributed by atoms with van der Waals surface area (Å²) >= 11 is 0. The Bertz CT molecular complexity index is 1560. The quantitative estimate of drug-likeness (QED) is 0.208. The zero-order chi connectivity index (χ0) is 27.6. The summed E-state index contributed by atoms with van der Waals surface area (Å²) in [5.41, 5.74) is -0.877. The second kappa shape index (κ2) is 10.5. The lowest BCUT2D eigenvalue weighted by molar-refractivity contribution is -0.111. The number of halogens is 3. The van der Waals surface area contributed by atoms with E-state index in [4.69, 9.17) is 13.9 Å². The molecule has 0 aliphatic rings. The summed E-state index contributed by atoms with van der Waals surface area (Å²) < 4.78 is 59.9. The number of anilines is 4. The van der Waals surface area contributed by atoms with Crippen molar-refractivity contribution >= 4 is 45.5 Å². The van der Waals surface area contributed by atoms with E-state index >= 15 is 0 Å². The molecule has 1 aromatic carbocycles. The van der Waals surface area contributed by atoms with E-state index in [0.29, 0.717) is 0 Å². The molecule has 4 rings (SSSR count). The minimum Gasteiger partial charge on any atom is -0.494 e. The van der Waals surface area contributed by atoms with E-state index in [9.17, 15) is 22.8 Å². The number of benzene rings is 1. The first-order valence-electron chi connectivity index (χ1n) is 10.8. The Balaban J connectivity index is 1.80. The Kier molecular flexibility index (Phi) is 7.19. The van der Waals surface area contributed by atoms with Crippen molar-refractivity contribution < 1.29 is 36.7 Å². The van der Waals surface area contributed by atoms with Crippen molar-refractivity contribution in [3.63, 3.8) is 0 Å². The number of methoxy groups -OCH3 is 2. The van der Waals surface area contributed by atoms with Crippen molar-refractivity contribution in [2.45, 2.75) is 0 Å². The van der Waals surface area contributed by atoms with Crippen LogP contribution in [0.2, 0.25) is 0 Å². The van der Waals surface area contributed by atoms with Gasteiger partial charge in [-0.05, 0) is 12.1 Å². The van der Waals surface area contributed by atoms with E-state index in [2.05, 4.69) is 32.5 Å². The first-order chi connectivity index (χ1) is 18.2. The number of amides is 1. The number of fused-ring (bicyclic) bond motifs is 1. The van der Waals surface area contributed by atoms with Crippen LogP contribution in [0.5, 0.6) is 11.5 Å². The molecule has 0 aliphatic carbocycles. The van der Waals surface area contributed by atoms with E-state index in [1.165, 1.54) is 25.5 Å². The molecule has 3 N–H and O–H groups in total. The summed E-state index contributed by atoms with van der Waals surface area (Å²) in [6, 6.07) is 2.39. The first kappa shape index (κ1) is 26.0. The SMILES string of the molecule is C=CC(=O)Nc1cncc(F)c1Nc1cc2c(NC)c(C(=O)c3c(F)c(OC)cc(OC)c3F)oc2cn1. The minimum absolute atomic E-state index is 0.0200. The minimum atomic E-state index is -1.24. The predicted molar refractivity (Wildman–Crippen MR) is 133 cm³/mol. The number of carbonyl (C=O) groups is 2. The van der Waals surface area contributed by atoms with Crippen LogP contribution < -0.4 is 25.4 Å². The fourth-order valence-corrected chi connectivity index (χ4v) is 3.65. The van der Waals surface area contributed by atoms with Gasteiger partial charge in [-0.25, -0.2) is 18.2 Å². The number of nitrogens with one attached hydrogen (secondary N) is 3. The van der Waals surface area contributed by atoms with Crippen LogP contribution in [0.15, 0.2) is 47.8 Å². The number of hydrogen-bond acceptors (Lipinski definition) is 9. The summed E-state index contributed by atoms with van der Waals surface area (Å²) in [5, 5.41) is 8.25. The third-order valence-corrected chi connectivity index (χ3v) is 5.43. The van der Waals surface area contributed by atoms with Gasteiger partial charge in [0.15, 0.2) is 40.3 Å². The molecular formula is C25H20F3N5O5. The Morgan fingerprint density at radius 2 is 1.71 bits per heavy atom. The van der Waals surface area contributed by atoms with Gasteiger partial charge in [-0.3, -0.25) is 14.6 Å². The molecule has 4 aromatic rings. The molecule has 3 aromatic heterocycles. The number of ketones is 1. The number of ether oxygens (including phenoxy) is 2. The van der Waals surface area contributed by atoms with Crippen molar-refractivity contribution in [1.82, 2.24) is 9.97 Å². The van der Waals surface area contributed by atoms with Crippen LogP contribution in [0, 0.1) is 17.5 Å². The highest BCUT2D eigenvalue weighted by molar-refractivity contribution is 6.15. The summed E-state index contributed by atoms with van der Waals surface area (Å²) in [6.45, 7) is 3.35. The maximum Gasteiger partial charge on any atom is 0.247 e. The Morgan fingerprint density at radius 1 is 1.03 bits per heavy atom. The van der Waals surface area contributed by atoms with Crippen molar-refractivity contribution in [3.8, 4) is 11.5 Å². The number of pyridine rings is 2. The van der Waals surface area contributed by atoms with Crippen LogP contribution in [0.25, 0.3) is 11.0 Å². The molecular weight excluding hydrogens is 507 g/mol. The van der Waals surface area contributed by atoms with Crippen LogP contribution in [-0.2, 0) is 4.79 Å². The molecule has 0 saturated heterocycles. The molecule has 10 nitrogen and oxygen atoms in total. The Hall–Kier alpha value is -5.07. The fraction of sp³-hybridized carbons (Fsp3) is 0.120. The van der Waals surface area contributed by atoms with Crippen molar-refractivity contribution in [2.24, 2.45) is 0 Å². The fourth-order valence-electron chi connectivity index (χ4n) is 3.65. The summed E-state index contributed by atoms with van der Waals surface area (Å²) in [7, 11) is 3.79. The number of hydrogen-bond donors (Lipinski definition) is 3. The van der Waals surface area contributed by atoms with E-state index < -0.39 is 52.0 Å². The van der Waals surface area contributed by atoms with Gasteiger partial charge in [0.1, 0.15) is 17.1 Å². The molecule has 3 heterocycles. The molecule has 0 spiro atoms. The maximum absolute atomic E-state index is 15.0. The monoisotopic (exact) mass is 527 g/mol.